The third-order valence-electron chi connectivity index (χ3n) is 4.93. The number of urea groups is 1. The second kappa shape index (κ2) is 9.04. The minimum atomic E-state index is -3.15. The quantitative estimate of drug-likeness (QED) is 0.422. The molecule has 0 atom stereocenters. The molecule has 0 unspecified atom stereocenters. The van der Waals surface area contributed by atoms with E-state index in [9.17, 15) is 13.2 Å². The monoisotopic (exact) mass is 447 g/mol. The van der Waals surface area contributed by atoms with Gasteiger partial charge in [-0.1, -0.05) is 6.07 Å². The molecular weight excluding hydrogens is 422 g/mol. The van der Waals surface area contributed by atoms with E-state index in [1.165, 1.54) is 0 Å². The number of anilines is 1. The van der Waals surface area contributed by atoms with Crippen LogP contribution in [0.15, 0.2) is 24.4 Å². The Balaban J connectivity index is 1.45. The number of sulfone groups is 1. The van der Waals surface area contributed by atoms with Gasteiger partial charge in [0.15, 0.2) is 11.5 Å². The first-order valence-electron chi connectivity index (χ1n) is 9.93. The Kier molecular flexibility index (Phi) is 6.20. The summed E-state index contributed by atoms with van der Waals surface area (Å²) in [6.45, 7) is 4.20. The molecule has 2 aromatic heterocycles. The van der Waals surface area contributed by atoms with Gasteiger partial charge in [0, 0.05) is 38.6 Å². The molecule has 4 rings (SSSR count). The van der Waals surface area contributed by atoms with Gasteiger partial charge in [0.2, 0.25) is 0 Å². The van der Waals surface area contributed by atoms with Crippen molar-refractivity contribution in [3.8, 4) is 11.5 Å². The zero-order chi connectivity index (χ0) is 21.8. The average Bonchev–Trinajstić information content (AvgIpc) is 3.33. The van der Waals surface area contributed by atoms with Crippen LogP contribution < -0.4 is 10.6 Å². The zero-order valence-corrected chi connectivity index (χ0v) is 18.0. The highest BCUT2D eigenvalue weighted by molar-refractivity contribution is 7.90. The summed E-state index contributed by atoms with van der Waals surface area (Å²) in [7, 11) is -3.15. The van der Waals surface area contributed by atoms with Crippen molar-refractivity contribution in [2.75, 3.05) is 50.2 Å². The Morgan fingerprint density at radius 2 is 2.10 bits per heavy atom. The topological polar surface area (TPSA) is 145 Å². The molecule has 12 heteroatoms. The number of aromatic amines is 2. The number of rotatable bonds is 7. The summed E-state index contributed by atoms with van der Waals surface area (Å²) >= 11 is 0. The number of hydrogen-bond acceptors (Lipinski definition) is 7. The zero-order valence-electron chi connectivity index (χ0n) is 17.1. The van der Waals surface area contributed by atoms with Gasteiger partial charge < -0.3 is 20.4 Å². The van der Waals surface area contributed by atoms with E-state index in [1.54, 1.807) is 6.20 Å². The van der Waals surface area contributed by atoms with Crippen molar-refractivity contribution in [3.05, 3.63) is 30.0 Å². The lowest BCUT2D eigenvalue weighted by Gasteiger charge is -2.26. The van der Waals surface area contributed by atoms with E-state index < -0.39 is 15.9 Å². The first-order chi connectivity index (χ1) is 14.9. The molecule has 31 heavy (non-hydrogen) atoms. The van der Waals surface area contributed by atoms with Crippen LogP contribution >= 0.6 is 0 Å². The van der Waals surface area contributed by atoms with E-state index in [-0.39, 0.29) is 12.3 Å². The molecule has 1 aromatic carbocycles. The van der Waals surface area contributed by atoms with E-state index in [1.807, 2.05) is 12.1 Å². The van der Waals surface area contributed by atoms with Gasteiger partial charge in [-0.05, 0) is 17.7 Å². The van der Waals surface area contributed by atoms with Gasteiger partial charge in [0.25, 0.3) is 0 Å². The molecule has 3 aromatic rings. The van der Waals surface area contributed by atoms with Gasteiger partial charge in [-0.25, -0.2) is 18.2 Å². The van der Waals surface area contributed by atoms with Gasteiger partial charge in [0.05, 0.1) is 35.7 Å². The molecule has 2 amide bonds. The van der Waals surface area contributed by atoms with Crippen molar-refractivity contribution >= 4 is 32.6 Å². The lowest BCUT2D eigenvalue weighted by atomic mass is 10.2. The van der Waals surface area contributed by atoms with Crippen LogP contribution in [0.3, 0.4) is 0 Å². The lowest BCUT2D eigenvalue weighted by Crippen LogP contribution is -2.35. The van der Waals surface area contributed by atoms with Crippen LogP contribution in [0.1, 0.15) is 5.56 Å². The van der Waals surface area contributed by atoms with Crippen molar-refractivity contribution in [1.29, 1.82) is 0 Å². The summed E-state index contributed by atoms with van der Waals surface area (Å²) in [6, 6.07) is 5.58. The number of carbonyl (C=O) groups excluding carboxylic acids is 1. The second-order valence-electron chi connectivity index (χ2n) is 7.48. The van der Waals surface area contributed by atoms with Crippen molar-refractivity contribution < 1.29 is 17.9 Å². The molecule has 3 heterocycles. The summed E-state index contributed by atoms with van der Waals surface area (Å²) in [5, 5.41) is 12.1. The van der Waals surface area contributed by atoms with Crippen LogP contribution in [0.25, 0.3) is 22.6 Å². The number of aromatic nitrogens is 4. The number of nitrogens with zero attached hydrogens (tertiary/aromatic N) is 3. The second-order valence-corrected chi connectivity index (χ2v) is 9.74. The van der Waals surface area contributed by atoms with E-state index in [4.69, 9.17) is 4.74 Å². The Morgan fingerprint density at radius 1 is 1.29 bits per heavy atom. The van der Waals surface area contributed by atoms with Crippen LogP contribution in [-0.4, -0.2) is 84.4 Å². The molecule has 1 saturated heterocycles. The minimum Gasteiger partial charge on any atom is -0.379 e. The van der Waals surface area contributed by atoms with Gasteiger partial charge in [-0.2, -0.15) is 5.10 Å². The number of fused-ring (bicyclic) bond motifs is 1. The number of amides is 2. The number of nitrogens with one attached hydrogen (secondary N) is 4. The van der Waals surface area contributed by atoms with Crippen LogP contribution in [0.2, 0.25) is 0 Å². The number of benzene rings is 1. The van der Waals surface area contributed by atoms with E-state index in [0.717, 1.165) is 55.7 Å². The lowest BCUT2D eigenvalue weighted by molar-refractivity contribution is 0.0342. The predicted molar refractivity (Wildman–Crippen MR) is 117 cm³/mol. The molecule has 0 spiro atoms. The van der Waals surface area contributed by atoms with E-state index >= 15 is 0 Å². The maximum absolute atomic E-state index is 12.1. The van der Waals surface area contributed by atoms with Crippen LogP contribution in [0.4, 0.5) is 10.5 Å². The van der Waals surface area contributed by atoms with E-state index in [2.05, 4.69) is 41.8 Å². The third kappa shape index (κ3) is 5.60. The number of H-pyrrole nitrogens is 2. The molecule has 1 fully saturated rings. The van der Waals surface area contributed by atoms with Gasteiger partial charge >= 0.3 is 6.03 Å². The fourth-order valence-electron chi connectivity index (χ4n) is 3.36. The highest BCUT2D eigenvalue weighted by atomic mass is 32.2. The van der Waals surface area contributed by atoms with Gasteiger partial charge in [-0.3, -0.25) is 10.00 Å². The smallest absolute Gasteiger partial charge is 0.319 e. The van der Waals surface area contributed by atoms with E-state index in [0.29, 0.717) is 17.2 Å². The van der Waals surface area contributed by atoms with Crippen molar-refractivity contribution in [3.63, 3.8) is 0 Å². The fourth-order valence-corrected chi connectivity index (χ4v) is 3.83. The highest BCUT2D eigenvalue weighted by Crippen LogP contribution is 2.26. The number of imidazole rings is 1. The normalized spacial score (nSPS) is 15.3. The molecule has 0 radical (unpaired) electrons. The van der Waals surface area contributed by atoms with Crippen LogP contribution in [0, 0.1) is 0 Å². The Labute approximate surface area is 179 Å². The maximum atomic E-state index is 12.1. The molecule has 0 aliphatic carbocycles. The fraction of sp³-hybridized carbons (Fsp3) is 0.421. The Morgan fingerprint density at radius 3 is 2.87 bits per heavy atom. The van der Waals surface area contributed by atoms with Crippen molar-refractivity contribution in [2.45, 2.75) is 6.54 Å². The standard InChI is InChI=1S/C19H25N7O4S/c1-31(28,29)9-4-20-19(27)24-16-11-21-25-17(16)18-22-14-3-2-13(10-15(14)23-18)12-26-5-7-30-8-6-26/h2-3,10-11H,4-9,12H2,1H3,(H,21,25)(H,22,23)(H2,20,24,27). The molecule has 0 saturated carbocycles. The Hall–Kier alpha value is -2.96. The van der Waals surface area contributed by atoms with Gasteiger partial charge in [0.1, 0.15) is 9.84 Å². The molecule has 1 aliphatic rings. The molecule has 11 nitrogen and oxygen atoms in total. The molecule has 0 bridgehead atoms. The molecule has 4 N–H and O–H groups in total. The largest absolute Gasteiger partial charge is 0.379 e. The summed E-state index contributed by atoms with van der Waals surface area (Å²) in [5.74, 6) is 0.390. The third-order valence-corrected chi connectivity index (χ3v) is 5.87. The molecule has 1 aliphatic heterocycles. The molecule has 166 valence electrons. The summed E-state index contributed by atoms with van der Waals surface area (Å²) < 4.78 is 27.8. The summed E-state index contributed by atoms with van der Waals surface area (Å²) in [4.78, 5) is 22.3. The number of morpholine rings is 1. The highest BCUT2D eigenvalue weighted by Gasteiger charge is 2.16. The average molecular weight is 448 g/mol. The first-order valence-corrected chi connectivity index (χ1v) is 12.0. The van der Waals surface area contributed by atoms with Crippen molar-refractivity contribution in [1.82, 2.24) is 30.4 Å². The molecular formula is C19H25N7O4S. The summed E-state index contributed by atoms with van der Waals surface area (Å²) in [6.07, 6.45) is 2.66. The van der Waals surface area contributed by atoms with Crippen molar-refractivity contribution in [2.24, 2.45) is 0 Å². The Bertz CT molecular complexity index is 1170. The minimum absolute atomic E-state index is 0.0222. The summed E-state index contributed by atoms with van der Waals surface area (Å²) in [5.41, 5.74) is 3.74. The maximum Gasteiger partial charge on any atom is 0.319 e. The number of carbonyl (C=O) groups is 1. The predicted octanol–water partition coefficient (Wildman–Crippen LogP) is 0.951. The van der Waals surface area contributed by atoms with Crippen LogP contribution in [-0.2, 0) is 21.1 Å². The first kappa shape index (κ1) is 21.3. The van der Waals surface area contributed by atoms with Crippen LogP contribution in [0.5, 0.6) is 0 Å². The SMILES string of the molecule is CS(=O)(=O)CCNC(=O)Nc1c[nH]nc1-c1nc2cc(CN3CCOCC3)ccc2[nH]1. The number of ether oxygens (including phenoxy) is 1. The number of hydrogen-bond donors (Lipinski definition) is 4. The van der Waals surface area contributed by atoms with Gasteiger partial charge in [-0.15, -0.1) is 0 Å².